The van der Waals surface area contributed by atoms with Gasteiger partial charge in [-0.1, -0.05) is 102 Å². The maximum absolute atomic E-state index is 14.4. The second kappa shape index (κ2) is 16.1. The van der Waals surface area contributed by atoms with Crippen LogP contribution in [0, 0.1) is 0 Å². The number of hydrogen-bond acceptors (Lipinski definition) is 7. The van der Waals surface area contributed by atoms with E-state index in [0.717, 1.165) is 16.7 Å². The number of hydrogen-bond donors (Lipinski definition) is 3. The molecule has 10 nitrogen and oxygen atoms in total. The molecular weight excluding hydrogens is 580 g/mol. The van der Waals surface area contributed by atoms with Crippen LogP contribution in [0.3, 0.4) is 0 Å². The van der Waals surface area contributed by atoms with Crippen LogP contribution in [0.2, 0.25) is 0 Å². The molecule has 0 saturated carbocycles. The molecule has 46 heavy (non-hydrogen) atoms. The molecule has 2 atom stereocenters. The number of carbonyl (C=O) groups excluding carboxylic acids is 1. The van der Waals surface area contributed by atoms with Gasteiger partial charge < -0.3 is 14.6 Å². The number of nitrogens with zero attached hydrogens (tertiary/aromatic N) is 4. The molecule has 1 aliphatic heterocycles. The summed E-state index contributed by atoms with van der Waals surface area (Å²) >= 11 is 0. The van der Waals surface area contributed by atoms with Crippen molar-refractivity contribution in [3.05, 3.63) is 154 Å². The molecule has 3 N–H and O–H groups in total. The maximum atomic E-state index is 14.4. The average molecular weight is 617 g/mol. The van der Waals surface area contributed by atoms with E-state index < -0.39 is 11.6 Å². The zero-order chi connectivity index (χ0) is 32.0. The lowest BCUT2D eigenvalue weighted by atomic mass is 9.82. The number of aliphatic imine (C=N–C) groups is 1. The minimum Gasteiger partial charge on any atom is -0.494 e. The van der Waals surface area contributed by atoms with E-state index in [4.69, 9.17) is 25.1 Å². The minimum absolute atomic E-state index is 0.0499. The van der Waals surface area contributed by atoms with Crippen LogP contribution in [0.25, 0.3) is 16.5 Å². The Balaban J connectivity index is 1.54. The molecule has 0 saturated heterocycles. The summed E-state index contributed by atoms with van der Waals surface area (Å²) in [5.41, 5.74) is 17.7. The van der Waals surface area contributed by atoms with Crippen molar-refractivity contribution in [3.8, 4) is 5.75 Å². The number of rotatable bonds is 15. The smallest absolute Gasteiger partial charge is 0.266 e. The van der Waals surface area contributed by atoms with Crippen LogP contribution in [0.5, 0.6) is 5.75 Å². The van der Waals surface area contributed by atoms with E-state index in [-0.39, 0.29) is 25.5 Å². The van der Waals surface area contributed by atoms with Crippen molar-refractivity contribution in [2.24, 2.45) is 10.1 Å². The van der Waals surface area contributed by atoms with Gasteiger partial charge in [0.05, 0.1) is 13.2 Å². The van der Waals surface area contributed by atoms with Crippen LogP contribution in [0.1, 0.15) is 46.8 Å². The Morgan fingerprint density at radius 1 is 1.00 bits per heavy atom. The highest BCUT2D eigenvalue weighted by Gasteiger charge is 2.53. The van der Waals surface area contributed by atoms with Crippen molar-refractivity contribution in [2.45, 2.75) is 37.6 Å². The fourth-order valence-corrected chi connectivity index (χ4v) is 5.20. The summed E-state index contributed by atoms with van der Waals surface area (Å²) < 4.78 is 12.3. The van der Waals surface area contributed by atoms with Crippen LogP contribution in [-0.2, 0) is 22.6 Å². The molecule has 0 bridgehead atoms. The fourth-order valence-electron chi connectivity index (χ4n) is 5.20. The molecule has 4 aromatic carbocycles. The highest BCUT2D eigenvalue weighted by atomic mass is 16.5. The molecule has 234 valence electrons. The van der Waals surface area contributed by atoms with Gasteiger partial charge in [-0.15, -0.1) is 0 Å². The summed E-state index contributed by atoms with van der Waals surface area (Å²) in [5, 5.41) is 12.9. The van der Waals surface area contributed by atoms with E-state index >= 15 is 0 Å². The number of ether oxygens (including phenoxy) is 2. The fraction of sp³-hybridized carbons (Fsp3) is 0.222. The molecule has 0 radical (unpaired) electrons. The summed E-state index contributed by atoms with van der Waals surface area (Å²) in [6.45, 7) is 0.945. The number of nitrogens with one attached hydrogen (secondary N) is 2. The Kier molecular flexibility index (Phi) is 11.2. The topological polar surface area (TPSA) is 141 Å². The van der Waals surface area contributed by atoms with Crippen molar-refractivity contribution < 1.29 is 19.4 Å². The van der Waals surface area contributed by atoms with E-state index in [0.29, 0.717) is 42.3 Å². The number of carbonyl (C=O) groups is 1. The Morgan fingerprint density at radius 2 is 1.72 bits per heavy atom. The highest BCUT2D eigenvalue weighted by molar-refractivity contribution is 6.01. The Labute approximate surface area is 268 Å². The van der Waals surface area contributed by atoms with Crippen molar-refractivity contribution in [2.75, 3.05) is 13.2 Å². The van der Waals surface area contributed by atoms with E-state index in [2.05, 4.69) is 20.9 Å². The summed E-state index contributed by atoms with van der Waals surface area (Å²) in [5.74, 6) is 0.576. The first-order valence-electron chi connectivity index (χ1n) is 15.1. The lowest BCUT2D eigenvalue weighted by molar-refractivity contribution is -0.129. The number of amides is 1. The van der Waals surface area contributed by atoms with Crippen molar-refractivity contribution in [1.82, 2.24) is 10.9 Å². The zero-order valence-corrected chi connectivity index (χ0v) is 25.3. The quantitative estimate of drug-likeness (QED) is 0.0464. The number of benzene rings is 4. The number of aliphatic hydroxyl groups is 1. The molecule has 1 heterocycles. The lowest BCUT2D eigenvalue weighted by Crippen LogP contribution is -2.52. The lowest BCUT2D eigenvalue weighted by Gasteiger charge is -2.31. The van der Waals surface area contributed by atoms with Gasteiger partial charge in [0.1, 0.15) is 5.75 Å². The predicted octanol–water partition coefficient (Wildman–Crippen LogP) is 6.44. The average Bonchev–Trinajstić information content (AvgIpc) is 3.49. The van der Waals surface area contributed by atoms with Crippen LogP contribution < -0.4 is 15.6 Å². The first kappa shape index (κ1) is 32.0. The third-order valence-corrected chi connectivity index (χ3v) is 7.55. The molecular formula is C36H36N6O4. The van der Waals surface area contributed by atoms with Crippen LogP contribution in [-0.4, -0.2) is 35.7 Å². The molecule has 0 fully saturated rings. The highest BCUT2D eigenvalue weighted by Crippen LogP contribution is 2.44. The van der Waals surface area contributed by atoms with Crippen molar-refractivity contribution >= 4 is 17.9 Å². The molecule has 0 aliphatic carbocycles. The normalized spacial score (nSPS) is 17.2. The van der Waals surface area contributed by atoms with Gasteiger partial charge in [-0.05, 0) is 52.1 Å². The second-order valence-corrected chi connectivity index (χ2v) is 10.7. The molecule has 5 rings (SSSR count). The summed E-state index contributed by atoms with van der Waals surface area (Å²) in [7, 11) is 0. The van der Waals surface area contributed by atoms with Gasteiger partial charge in [-0.2, -0.15) is 0 Å². The molecule has 1 amide bonds. The van der Waals surface area contributed by atoms with Gasteiger partial charge >= 0.3 is 0 Å². The monoisotopic (exact) mass is 616 g/mol. The minimum atomic E-state index is -1.42. The standard InChI is InChI=1S/C36H36N6O4/c37-42-39-26-30-16-7-8-17-32(30)33-36(22-9-15-27-11-3-1-4-12-27,35(44)41-38-25-28-13-5-2-6-14-28)40-34(46-33)29-18-20-31(21-19-29)45-24-10-23-43/h1-9,11-21,33,38,43H,10,22-26H2,(H,41,44)/b15-9+/t33-,36-/m0/s1. The van der Waals surface area contributed by atoms with E-state index in [9.17, 15) is 4.79 Å². The van der Waals surface area contributed by atoms with Gasteiger partial charge in [0.25, 0.3) is 5.91 Å². The Hall–Kier alpha value is -5.41. The summed E-state index contributed by atoms with van der Waals surface area (Å²) in [6, 6.07) is 34.3. The van der Waals surface area contributed by atoms with Crippen LogP contribution in [0.4, 0.5) is 0 Å². The first-order chi connectivity index (χ1) is 22.6. The van der Waals surface area contributed by atoms with Crippen LogP contribution in [0.15, 0.2) is 125 Å². The number of aliphatic hydroxyl groups excluding tert-OH is 1. The Morgan fingerprint density at radius 3 is 2.46 bits per heavy atom. The third kappa shape index (κ3) is 7.99. The van der Waals surface area contributed by atoms with Crippen molar-refractivity contribution in [1.29, 1.82) is 0 Å². The second-order valence-electron chi connectivity index (χ2n) is 10.7. The van der Waals surface area contributed by atoms with Gasteiger partial charge in [0.2, 0.25) is 5.90 Å². The number of hydrazine groups is 1. The van der Waals surface area contributed by atoms with E-state index in [1.165, 1.54) is 0 Å². The Bertz CT molecular complexity index is 1690. The van der Waals surface area contributed by atoms with E-state index in [1.807, 2.05) is 109 Å². The summed E-state index contributed by atoms with van der Waals surface area (Å²) in [6.07, 6.45) is 3.80. The van der Waals surface area contributed by atoms with Gasteiger partial charge in [0, 0.05) is 36.5 Å². The largest absolute Gasteiger partial charge is 0.494 e. The zero-order valence-electron chi connectivity index (χ0n) is 25.3. The SMILES string of the molecule is [N-]=[N+]=NCc1ccccc1[C@@H]1OC(c2ccc(OCCCO)cc2)=N[C@]1(C/C=C/c1ccccc1)C(=O)NNCc1ccccc1. The third-order valence-electron chi connectivity index (χ3n) is 7.55. The molecule has 0 aromatic heterocycles. The molecule has 4 aromatic rings. The molecule has 10 heteroatoms. The molecule has 0 unspecified atom stereocenters. The number of azide groups is 1. The van der Waals surface area contributed by atoms with Crippen molar-refractivity contribution in [3.63, 3.8) is 0 Å². The maximum Gasteiger partial charge on any atom is 0.266 e. The summed E-state index contributed by atoms with van der Waals surface area (Å²) in [4.78, 5) is 22.4. The van der Waals surface area contributed by atoms with Gasteiger partial charge in [0.15, 0.2) is 11.6 Å². The van der Waals surface area contributed by atoms with Gasteiger partial charge in [-0.25, -0.2) is 10.4 Å². The molecule has 1 aliphatic rings. The van der Waals surface area contributed by atoms with Crippen LogP contribution >= 0.6 is 0 Å². The first-order valence-corrected chi connectivity index (χ1v) is 15.1. The molecule has 0 spiro atoms. The van der Waals surface area contributed by atoms with E-state index in [1.54, 1.807) is 12.1 Å². The van der Waals surface area contributed by atoms with Gasteiger partial charge in [-0.3, -0.25) is 10.2 Å². The predicted molar refractivity (Wildman–Crippen MR) is 178 cm³/mol.